The molecule has 0 radical (unpaired) electrons. The lowest BCUT2D eigenvalue weighted by molar-refractivity contribution is 0.840. The van der Waals surface area contributed by atoms with Gasteiger partial charge in [-0.25, -0.2) is 4.68 Å². The monoisotopic (exact) mass is 420 g/mol. The van der Waals surface area contributed by atoms with Gasteiger partial charge in [-0.3, -0.25) is 4.99 Å². The molecule has 0 aliphatic heterocycles. The highest BCUT2D eigenvalue weighted by Gasteiger charge is 2.08. The van der Waals surface area contributed by atoms with Crippen LogP contribution >= 0.6 is 11.3 Å². The largest absolute Gasteiger partial charge is 0.253 e. The van der Waals surface area contributed by atoms with E-state index in [-0.39, 0.29) is 0 Å². The Bertz CT molecular complexity index is 1300. The van der Waals surface area contributed by atoms with E-state index >= 15 is 0 Å². The molecule has 31 heavy (non-hydrogen) atoms. The van der Waals surface area contributed by atoms with Crippen LogP contribution in [-0.4, -0.2) is 17.4 Å². The number of hydrogen-bond acceptors (Lipinski definition) is 4. The fourth-order valence-corrected chi connectivity index (χ4v) is 3.94. The van der Waals surface area contributed by atoms with Gasteiger partial charge in [0.05, 0.1) is 30.1 Å². The summed E-state index contributed by atoms with van der Waals surface area (Å²) in [7, 11) is 0. The SMILES string of the molecule is C=CCN=c1scc(-c2ccc(-c3ccccc3)cc2)n1/N=C/c1ccc(C#N)cc1. The highest BCUT2D eigenvalue weighted by atomic mass is 32.1. The third kappa shape index (κ3) is 4.77. The Hall–Kier alpha value is -4.01. The number of aromatic nitrogens is 1. The van der Waals surface area contributed by atoms with Crippen LogP contribution in [0.3, 0.4) is 0 Å². The second-order valence-corrected chi connectivity index (χ2v) is 7.60. The van der Waals surface area contributed by atoms with Gasteiger partial charge < -0.3 is 0 Å². The van der Waals surface area contributed by atoms with Crippen molar-refractivity contribution in [2.24, 2.45) is 10.1 Å². The molecule has 0 N–H and O–H groups in total. The molecule has 150 valence electrons. The maximum atomic E-state index is 8.98. The number of thiazole rings is 1. The molecule has 0 amide bonds. The fraction of sp³-hybridized carbons (Fsp3) is 0.0385. The van der Waals surface area contributed by atoms with Crippen LogP contribution in [0.1, 0.15) is 11.1 Å². The number of hydrogen-bond donors (Lipinski definition) is 0. The maximum Gasteiger partial charge on any atom is 0.206 e. The average molecular weight is 421 g/mol. The summed E-state index contributed by atoms with van der Waals surface area (Å²) < 4.78 is 1.85. The Morgan fingerprint density at radius 2 is 1.58 bits per heavy atom. The minimum Gasteiger partial charge on any atom is -0.253 e. The summed E-state index contributed by atoms with van der Waals surface area (Å²) in [6.07, 6.45) is 3.55. The third-order valence-corrected chi connectivity index (χ3v) is 5.54. The molecule has 0 bridgehead atoms. The summed E-state index contributed by atoms with van der Waals surface area (Å²) in [6, 6.07) is 28.2. The lowest BCUT2D eigenvalue weighted by Gasteiger charge is -2.06. The first-order valence-electron chi connectivity index (χ1n) is 9.81. The van der Waals surface area contributed by atoms with Crippen molar-refractivity contribution >= 4 is 17.6 Å². The van der Waals surface area contributed by atoms with Crippen LogP contribution < -0.4 is 4.80 Å². The minimum atomic E-state index is 0.527. The van der Waals surface area contributed by atoms with Gasteiger partial charge in [-0.2, -0.15) is 10.4 Å². The molecule has 0 aliphatic carbocycles. The molecular formula is C26H20N4S. The van der Waals surface area contributed by atoms with Crippen molar-refractivity contribution in [1.82, 2.24) is 4.68 Å². The smallest absolute Gasteiger partial charge is 0.206 e. The Labute approximate surface area is 185 Å². The second kappa shape index (κ2) is 9.66. The summed E-state index contributed by atoms with van der Waals surface area (Å²) in [4.78, 5) is 5.38. The predicted octanol–water partition coefficient (Wildman–Crippen LogP) is 5.72. The first-order chi connectivity index (χ1) is 15.3. The van der Waals surface area contributed by atoms with E-state index in [4.69, 9.17) is 10.4 Å². The molecule has 0 fully saturated rings. The highest BCUT2D eigenvalue weighted by molar-refractivity contribution is 7.07. The van der Waals surface area contributed by atoms with Crippen LogP contribution in [0.15, 0.2) is 107 Å². The number of nitriles is 1. The number of benzene rings is 3. The molecule has 0 unspecified atom stereocenters. The second-order valence-electron chi connectivity index (χ2n) is 6.77. The van der Waals surface area contributed by atoms with Gasteiger partial charge in [0.1, 0.15) is 0 Å². The Morgan fingerprint density at radius 3 is 2.26 bits per heavy atom. The van der Waals surface area contributed by atoms with Crippen LogP contribution in [-0.2, 0) is 0 Å². The van der Waals surface area contributed by atoms with Crippen LogP contribution in [0.5, 0.6) is 0 Å². The molecule has 4 nitrogen and oxygen atoms in total. The predicted molar refractivity (Wildman–Crippen MR) is 128 cm³/mol. The average Bonchev–Trinajstić information content (AvgIpc) is 3.25. The summed E-state index contributed by atoms with van der Waals surface area (Å²) >= 11 is 1.54. The van der Waals surface area contributed by atoms with E-state index in [1.54, 1.807) is 35.8 Å². The van der Waals surface area contributed by atoms with Crippen LogP contribution in [0.4, 0.5) is 0 Å². The van der Waals surface area contributed by atoms with Gasteiger partial charge in [0.25, 0.3) is 0 Å². The van der Waals surface area contributed by atoms with Gasteiger partial charge in [-0.05, 0) is 28.8 Å². The maximum absolute atomic E-state index is 8.98. The van der Waals surface area contributed by atoms with Crippen molar-refractivity contribution in [3.05, 3.63) is 113 Å². The van der Waals surface area contributed by atoms with E-state index < -0.39 is 0 Å². The molecule has 0 saturated carbocycles. The van der Waals surface area contributed by atoms with Crippen molar-refractivity contribution in [1.29, 1.82) is 5.26 Å². The van der Waals surface area contributed by atoms with E-state index in [0.717, 1.165) is 21.6 Å². The van der Waals surface area contributed by atoms with E-state index in [2.05, 4.69) is 59.4 Å². The molecule has 1 heterocycles. The first-order valence-corrected chi connectivity index (χ1v) is 10.7. The Kier molecular flexibility index (Phi) is 6.32. The normalized spacial score (nSPS) is 11.5. The van der Waals surface area contributed by atoms with Crippen molar-refractivity contribution in [3.8, 4) is 28.5 Å². The molecule has 0 spiro atoms. The molecule has 4 rings (SSSR count). The standard InChI is InChI=1S/C26H20N4S/c1-2-16-28-26-30(29-18-21-10-8-20(17-27)9-11-21)25(19-31-26)24-14-12-23(13-15-24)22-6-4-3-5-7-22/h2-15,18-19H,1,16H2/b28-26?,29-18+. The third-order valence-electron chi connectivity index (χ3n) is 4.69. The molecule has 0 aliphatic rings. The number of nitrogens with zero attached hydrogens (tertiary/aromatic N) is 4. The van der Waals surface area contributed by atoms with Crippen LogP contribution in [0.2, 0.25) is 0 Å². The van der Waals surface area contributed by atoms with Crippen molar-refractivity contribution in [2.75, 3.05) is 6.54 Å². The topological polar surface area (TPSA) is 53.4 Å². The highest BCUT2D eigenvalue weighted by Crippen LogP contribution is 2.25. The van der Waals surface area contributed by atoms with Gasteiger partial charge in [0.2, 0.25) is 4.80 Å². The zero-order valence-corrected chi connectivity index (χ0v) is 17.7. The van der Waals surface area contributed by atoms with Crippen molar-refractivity contribution in [3.63, 3.8) is 0 Å². The fourth-order valence-electron chi connectivity index (χ4n) is 3.09. The van der Waals surface area contributed by atoms with Gasteiger partial charge in [-0.1, -0.05) is 72.8 Å². The zero-order valence-electron chi connectivity index (χ0n) is 16.8. The molecule has 5 heteroatoms. The van der Waals surface area contributed by atoms with Gasteiger partial charge >= 0.3 is 0 Å². The lowest BCUT2D eigenvalue weighted by atomic mass is 10.0. The Balaban J connectivity index is 1.71. The summed E-state index contributed by atoms with van der Waals surface area (Å²) in [5.41, 5.74) is 5.93. The van der Waals surface area contributed by atoms with E-state index in [1.807, 2.05) is 35.0 Å². The molecule has 0 saturated heterocycles. The molecule has 3 aromatic carbocycles. The zero-order chi connectivity index (χ0) is 21.5. The minimum absolute atomic E-state index is 0.527. The van der Waals surface area contributed by atoms with Crippen molar-refractivity contribution < 1.29 is 0 Å². The van der Waals surface area contributed by atoms with Crippen LogP contribution in [0.25, 0.3) is 22.4 Å². The molecular weight excluding hydrogens is 400 g/mol. The van der Waals surface area contributed by atoms with E-state index in [9.17, 15) is 0 Å². The Morgan fingerprint density at radius 1 is 0.903 bits per heavy atom. The molecule has 4 aromatic rings. The van der Waals surface area contributed by atoms with Crippen molar-refractivity contribution in [2.45, 2.75) is 0 Å². The molecule has 1 aromatic heterocycles. The van der Waals surface area contributed by atoms with E-state index in [0.29, 0.717) is 12.1 Å². The summed E-state index contributed by atoms with van der Waals surface area (Å²) in [6.45, 7) is 4.28. The molecule has 0 atom stereocenters. The van der Waals surface area contributed by atoms with Crippen LogP contribution in [0, 0.1) is 11.3 Å². The summed E-state index contributed by atoms with van der Waals surface area (Å²) in [5, 5.41) is 15.7. The summed E-state index contributed by atoms with van der Waals surface area (Å²) in [5.74, 6) is 0. The quantitative estimate of drug-likeness (QED) is 0.290. The number of rotatable bonds is 6. The van der Waals surface area contributed by atoms with Gasteiger partial charge in [0, 0.05) is 10.9 Å². The lowest BCUT2D eigenvalue weighted by Crippen LogP contribution is -2.12. The van der Waals surface area contributed by atoms with Gasteiger partial charge in [0.15, 0.2) is 0 Å². The first kappa shape index (κ1) is 20.3. The van der Waals surface area contributed by atoms with Gasteiger partial charge in [-0.15, -0.1) is 17.9 Å². The van der Waals surface area contributed by atoms with E-state index in [1.165, 1.54) is 11.1 Å².